The Hall–Kier alpha value is -3.29. The van der Waals surface area contributed by atoms with E-state index in [9.17, 15) is 14.4 Å². The fraction of sp³-hybridized carbons (Fsp3) is 0.435. The fourth-order valence-electron chi connectivity index (χ4n) is 4.44. The summed E-state index contributed by atoms with van der Waals surface area (Å²) in [7, 11) is 0. The lowest BCUT2D eigenvalue weighted by atomic mass is 9.92. The lowest BCUT2D eigenvalue weighted by Gasteiger charge is -2.21. The first-order chi connectivity index (χ1) is 14.7. The largest absolute Gasteiger partial charge is 0.466 e. The average Bonchev–Trinajstić information content (AvgIpc) is 3.40. The van der Waals surface area contributed by atoms with Gasteiger partial charge in [-0.15, -0.1) is 0 Å². The third-order valence-electron chi connectivity index (χ3n) is 6.11. The van der Waals surface area contributed by atoms with Crippen molar-refractivity contribution in [1.82, 2.24) is 10.2 Å². The molecule has 2 saturated heterocycles. The molecule has 0 radical (unpaired) electrons. The standard InChI is InChI=1S/C23H28N4O4/c1-14-11-17(26-9-5-6-10-26)7-8-19(14)24-20(28)13-27-21(29)23(4,25-22(27)30)18-12-15(2)31-16(18)3/h7-8,11-12H,5-6,9-10,13H2,1-4H3,(H,24,28)(H,25,30). The minimum absolute atomic E-state index is 0.358. The number of carbonyl (C=O) groups excluding carboxylic acids is 3. The van der Waals surface area contributed by atoms with E-state index in [1.165, 1.54) is 12.8 Å². The van der Waals surface area contributed by atoms with Gasteiger partial charge < -0.3 is 20.0 Å². The van der Waals surface area contributed by atoms with E-state index in [1.54, 1.807) is 26.8 Å². The van der Waals surface area contributed by atoms with Crippen molar-refractivity contribution in [3.05, 3.63) is 46.9 Å². The van der Waals surface area contributed by atoms with Gasteiger partial charge in [0.1, 0.15) is 23.6 Å². The van der Waals surface area contributed by atoms with Crippen LogP contribution in [0.3, 0.4) is 0 Å². The molecule has 0 saturated carbocycles. The first kappa shape index (κ1) is 21.0. The molecule has 2 aromatic rings. The maximum absolute atomic E-state index is 13.1. The van der Waals surface area contributed by atoms with Crippen molar-refractivity contribution in [1.29, 1.82) is 0 Å². The molecule has 1 aromatic heterocycles. The molecule has 2 N–H and O–H groups in total. The molecule has 0 aliphatic carbocycles. The molecular weight excluding hydrogens is 396 g/mol. The SMILES string of the molecule is Cc1cc(C2(C)NC(=O)N(CC(=O)Nc3ccc(N4CCCC4)cc3C)C2=O)c(C)o1. The molecule has 4 amide bonds. The monoisotopic (exact) mass is 424 g/mol. The first-order valence-electron chi connectivity index (χ1n) is 10.6. The van der Waals surface area contributed by atoms with Crippen molar-refractivity contribution in [2.24, 2.45) is 0 Å². The second-order valence-corrected chi connectivity index (χ2v) is 8.51. The molecule has 1 atom stereocenters. The van der Waals surface area contributed by atoms with E-state index in [1.807, 2.05) is 19.1 Å². The van der Waals surface area contributed by atoms with Crippen LogP contribution in [0.1, 0.15) is 42.4 Å². The number of carbonyl (C=O) groups is 3. The maximum Gasteiger partial charge on any atom is 0.325 e. The van der Waals surface area contributed by atoms with Gasteiger partial charge in [-0.25, -0.2) is 4.79 Å². The van der Waals surface area contributed by atoms with Crippen LogP contribution in [0.5, 0.6) is 0 Å². The zero-order chi connectivity index (χ0) is 22.3. The molecule has 2 fully saturated rings. The van der Waals surface area contributed by atoms with E-state index in [4.69, 9.17) is 4.42 Å². The molecule has 4 rings (SSSR count). The van der Waals surface area contributed by atoms with Crippen LogP contribution in [0, 0.1) is 20.8 Å². The molecule has 8 nitrogen and oxygen atoms in total. The number of rotatable bonds is 5. The zero-order valence-electron chi connectivity index (χ0n) is 18.4. The second-order valence-electron chi connectivity index (χ2n) is 8.51. The number of hydrogen-bond donors (Lipinski definition) is 2. The minimum Gasteiger partial charge on any atom is -0.466 e. The molecule has 1 aromatic carbocycles. The Morgan fingerprint density at radius 2 is 1.87 bits per heavy atom. The van der Waals surface area contributed by atoms with Crippen LogP contribution >= 0.6 is 0 Å². The minimum atomic E-state index is -1.26. The Morgan fingerprint density at radius 1 is 1.16 bits per heavy atom. The van der Waals surface area contributed by atoms with Gasteiger partial charge in [0.05, 0.1) is 0 Å². The number of hydrogen-bond acceptors (Lipinski definition) is 5. The maximum atomic E-state index is 13.1. The quantitative estimate of drug-likeness (QED) is 0.719. The molecule has 8 heteroatoms. The molecule has 0 spiro atoms. The van der Waals surface area contributed by atoms with Crippen LogP contribution in [0.15, 0.2) is 28.7 Å². The third-order valence-corrected chi connectivity index (χ3v) is 6.11. The lowest BCUT2D eigenvalue weighted by molar-refractivity contribution is -0.133. The number of benzene rings is 1. The highest BCUT2D eigenvalue weighted by molar-refractivity contribution is 6.10. The Morgan fingerprint density at radius 3 is 2.48 bits per heavy atom. The highest BCUT2D eigenvalue weighted by Crippen LogP contribution is 2.33. The molecule has 31 heavy (non-hydrogen) atoms. The molecule has 0 bridgehead atoms. The number of furan rings is 1. The number of imide groups is 1. The van der Waals surface area contributed by atoms with E-state index in [0.717, 1.165) is 29.2 Å². The van der Waals surface area contributed by atoms with Crippen LogP contribution in [0.2, 0.25) is 0 Å². The summed E-state index contributed by atoms with van der Waals surface area (Å²) in [5, 5.41) is 5.54. The lowest BCUT2D eigenvalue weighted by Crippen LogP contribution is -2.42. The summed E-state index contributed by atoms with van der Waals surface area (Å²) in [6, 6.07) is 7.05. The summed E-state index contributed by atoms with van der Waals surface area (Å²) in [5.74, 6) is 0.316. The van der Waals surface area contributed by atoms with Crippen LogP contribution in [0.4, 0.5) is 16.2 Å². The summed E-state index contributed by atoms with van der Waals surface area (Å²) in [4.78, 5) is 41.5. The summed E-state index contributed by atoms with van der Waals surface area (Å²) in [6.45, 7) is 8.83. The predicted octanol–water partition coefficient (Wildman–Crippen LogP) is 3.21. The number of aryl methyl sites for hydroxylation is 3. The van der Waals surface area contributed by atoms with Gasteiger partial charge in [0.2, 0.25) is 5.91 Å². The number of anilines is 2. The summed E-state index contributed by atoms with van der Waals surface area (Å²) in [5.41, 5.74) is 2.09. The zero-order valence-corrected chi connectivity index (χ0v) is 18.4. The van der Waals surface area contributed by atoms with Gasteiger partial charge in [0, 0.05) is 30.0 Å². The first-order valence-corrected chi connectivity index (χ1v) is 10.6. The molecule has 2 aliphatic heterocycles. The Balaban J connectivity index is 1.45. The van der Waals surface area contributed by atoms with Gasteiger partial charge in [0.25, 0.3) is 5.91 Å². The highest BCUT2D eigenvalue weighted by atomic mass is 16.3. The van der Waals surface area contributed by atoms with Crippen LogP contribution < -0.4 is 15.5 Å². The Labute approximate surface area is 181 Å². The normalized spacial score (nSPS) is 21.0. The average molecular weight is 425 g/mol. The van der Waals surface area contributed by atoms with E-state index in [0.29, 0.717) is 22.8 Å². The van der Waals surface area contributed by atoms with Crippen molar-refractivity contribution in [3.63, 3.8) is 0 Å². The van der Waals surface area contributed by atoms with Gasteiger partial charge in [-0.2, -0.15) is 0 Å². The Bertz CT molecular complexity index is 1050. The van der Waals surface area contributed by atoms with Crippen molar-refractivity contribution in [2.75, 3.05) is 29.9 Å². The van der Waals surface area contributed by atoms with Crippen molar-refractivity contribution < 1.29 is 18.8 Å². The van der Waals surface area contributed by atoms with Gasteiger partial charge in [-0.3, -0.25) is 14.5 Å². The van der Waals surface area contributed by atoms with Gasteiger partial charge in [-0.05, 0) is 70.4 Å². The number of urea groups is 1. The number of nitrogens with zero attached hydrogens (tertiary/aromatic N) is 2. The van der Waals surface area contributed by atoms with E-state index < -0.39 is 23.4 Å². The van der Waals surface area contributed by atoms with Crippen LogP contribution in [-0.2, 0) is 15.1 Å². The van der Waals surface area contributed by atoms with Crippen molar-refractivity contribution in [3.8, 4) is 0 Å². The molecule has 1 unspecified atom stereocenters. The summed E-state index contributed by atoms with van der Waals surface area (Å²) < 4.78 is 5.53. The predicted molar refractivity (Wildman–Crippen MR) is 117 cm³/mol. The highest BCUT2D eigenvalue weighted by Gasteiger charge is 2.51. The van der Waals surface area contributed by atoms with E-state index in [2.05, 4.69) is 21.6 Å². The van der Waals surface area contributed by atoms with E-state index >= 15 is 0 Å². The smallest absolute Gasteiger partial charge is 0.325 e. The Kier molecular flexibility index (Phi) is 5.24. The molecule has 3 heterocycles. The van der Waals surface area contributed by atoms with Crippen LogP contribution in [0.25, 0.3) is 0 Å². The number of nitrogens with one attached hydrogen (secondary N) is 2. The summed E-state index contributed by atoms with van der Waals surface area (Å²) >= 11 is 0. The third kappa shape index (κ3) is 3.78. The second kappa shape index (κ2) is 7.76. The van der Waals surface area contributed by atoms with Gasteiger partial charge in [-0.1, -0.05) is 0 Å². The molecular formula is C23H28N4O4. The van der Waals surface area contributed by atoms with Gasteiger partial charge in [0.15, 0.2) is 0 Å². The van der Waals surface area contributed by atoms with E-state index in [-0.39, 0.29) is 6.54 Å². The van der Waals surface area contributed by atoms with Crippen LogP contribution in [-0.4, -0.2) is 42.4 Å². The van der Waals surface area contributed by atoms with Crippen molar-refractivity contribution in [2.45, 2.75) is 46.1 Å². The van der Waals surface area contributed by atoms with Crippen molar-refractivity contribution >= 4 is 29.2 Å². The number of amides is 4. The topological polar surface area (TPSA) is 94.9 Å². The summed E-state index contributed by atoms with van der Waals surface area (Å²) in [6.07, 6.45) is 2.39. The molecule has 164 valence electrons. The molecule has 2 aliphatic rings. The fourth-order valence-corrected chi connectivity index (χ4v) is 4.44. The van der Waals surface area contributed by atoms with Gasteiger partial charge >= 0.3 is 6.03 Å².